The molecule has 0 spiro atoms. The van der Waals surface area contributed by atoms with Gasteiger partial charge in [0.15, 0.2) is 0 Å². The van der Waals surface area contributed by atoms with Gasteiger partial charge in [-0.25, -0.2) is 0 Å². The molecule has 0 aliphatic heterocycles. The third-order valence-electron chi connectivity index (χ3n) is 1.73. The maximum Gasteiger partial charge on any atom is 0.236 e. The van der Waals surface area contributed by atoms with E-state index in [0.29, 0.717) is 13.2 Å². The van der Waals surface area contributed by atoms with Crippen LogP contribution in [0.5, 0.6) is 0 Å². The van der Waals surface area contributed by atoms with Gasteiger partial charge < -0.3 is 13.3 Å². The molecular weight excluding hydrogens is 216 g/mol. The summed E-state index contributed by atoms with van der Waals surface area (Å²) in [5.74, 6) is 1.49. The standard InChI is InChI=1S/C14H16O3/c1-3-15-11-5-7-13-9-10-14(17-13)8-6-12-16-4-2/h5-10H,3-4H2,1-2H3/b7-5+,8-6+. The summed E-state index contributed by atoms with van der Waals surface area (Å²) in [5, 5.41) is 0. The fourth-order valence-electron chi connectivity index (χ4n) is 1.04. The summed E-state index contributed by atoms with van der Waals surface area (Å²) in [5.41, 5.74) is 0. The van der Waals surface area contributed by atoms with Crippen LogP contribution in [0.2, 0.25) is 0 Å². The van der Waals surface area contributed by atoms with Crippen molar-refractivity contribution in [2.24, 2.45) is 0 Å². The zero-order chi connectivity index (χ0) is 12.3. The predicted molar refractivity (Wildman–Crippen MR) is 69.2 cm³/mol. The Morgan fingerprint density at radius 1 is 1.00 bits per heavy atom. The van der Waals surface area contributed by atoms with Crippen molar-refractivity contribution in [2.75, 3.05) is 13.2 Å². The zero-order valence-corrected chi connectivity index (χ0v) is 10.1. The quantitative estimate of drug-likeness (QED) is 0.422. The highest BCUT2D eigenvalue weighted by Gasteiger charge is 1.87. The normalized spacial score (nSPS) is 12.8. The van der Waals surface area contributed by atoms with Gasteiger partial charge >= 0.3 is 0 Å². The fourth-order valence-corrected chi connectivity index (χ4v) is 1.04. The van der Waals surface area contributed by atoms with Crippen molar-refractivity contribution in [1.29, 1.82) is 0 Å². The molecule has 1 rings (SSSR count). The third-order valence-corrected chi connectivity index (χ3v) is 1.73. The first-order valence-corrected chi connectivity index (χ1v) is 5.54. The lowest BCUT2D eigenvalue weighted by molar-refractivity contribution is 0.124. The molecule has 0 bridgehead atoms. The van der Waals surface area contributed by atoms with Crippen molar-refractivity contribution < 1.29 is 13.3 Å². The molecule has 0 aliphatic carbocycles. The van der Waals surface area contributed by atoms with Gasteiger partial charge in [0, 0.05) is 25.4 Å². The number of allylic oxidation sites excluding steroid dienone is 2. The van der Waals surface area contributed by atoms with E-state index in [-0.39, 0.29) is 0 Å². The average molecular weight is 232 g/mol. The Labute approximate surface area is 101 Å². The van der Waals surface area contributed by atoms with Gasteiger partial charge in [0.2, 0.25) is 25.8 Å². The molecule has 0 N–H and O–H groups in total. The van der Waals surface area contributed by atoms with Crippen LogP contribution in [0.25, 0.3) is 12.2 Å². The van der Waals surface area contributed by atoms with Gasteiger partial charge in [-0.3, -0.25) is 0 Å². The van der Waals surface area contributed by atoms with Gasteiger partial charge in [-0.05, 0) is 12.1 Å². The number of furan rings is 1. The van der Waals surface area contributed by atoms with E-state index in [2.05, 4.69) is 12.6 Å². The van der Waals surface area contributed by atoms with E-state index >= 15 is 0 Å². The van der Waals surface area contributed by atoms with Crippen molar-refractivity contribution in [3.63, 3.8) is 0 Å². The minimum atomic E-state index is 0.611. The summed E-state index contributed by atoms with van der Waals surface area (Å²) < 4.78 is 15.3. The van der Waals surface area contributed by atoms with Crippen LogP contribution in [0.3, 0.4) is 0 Å². The third kappa shape index (κ3) is 5.66. The van der Waals surface area contributed by atoms with Crippen LogP contribution >= 0.6 is 0 Å². The maximum atomic E-state index is 5.48. The van der Waals surface area contributed by atoms with Crippen LogP contribution < -0.4 is 0 Å². The molecule has 1 heterocycles. The summed E-state index contributed by atoms with van der Waals surface area (Å²) in [6.07, 6.45) is 12.2. The van der Waals surface area contributed by atoms with Gasteiger partial charge in [0.05, 0.1) is 0 Å². The first kappa shape index (κ1) is 13.2. The Balaban J connectivity index is 2.53. The number of rotatable bonds is 6. The van der Waals surface area contributed by atoms with E-state index in [9.17, 15) is 0 Å². The first-order valence-electron chi connectivity index (χ1n) is 5.54. The maximum absolute atomic E-state index is 5.48. The van der Waals surface area contributed by atoms with Crippen molar-refractivity contribution >= 4 is 24.7 Å². The molecular formula is C14H16O3. The summed E-state index contributed by atoms with van der Waals surface area (Å²) >= 11 is 0. The van der Waals surface area contributed by atoms with Crippen LogP contribution in [0.4, 0.5) is 0 Å². The van der Waals surface area contributed by atoms with Gasteiger partial charge in [0.25, 0.3) is 0 Å². The molecule has 0 atom stereocenters. The van der Waals surface area contributed by atoms with E-state index < -0.39 is 0 Å². The highest BCUT2D eigenvalue weighted by molar-refractivity contribution is 5.75. The topological polar surface area (TPSA) is 35.7 Å². The van der Waals surface area contributed by atoms with Crippen LogP contribution in [0.1, 0.15) is 25.4 Å². The van der Waals surface area contributed by atoms with Crippen LogP contribution in [0.15, 0.2) is 28.7 Å². The van der Waals surface area contributed by atoms with Gasteiger partial charge in [-0.2, -0.15) is 12.2 Å². The first-order chi connectivity index (χ1) is 8.36. The van der Waals surface area contributed by atoms with Gasteiger partial charge in [-0.15, -0.1) is 12.2 Å². The second-order valence-corrected chi connectivity index (χ2v) is 3.01. The zero-order valence-electron chi connectivity index (χ0n) is 10.1. The molecule has 0 saturated heterocycles. The fraction of sp³-hybridized carbons (Fsp3) is 0.286. The molecule has 0 amide bonds. The van der Waals surface area contributed by atoms with Crippen molar-refractivity contribution in [3.8, 4) is 0 Å². The second kappa shape index (κ2) is 8.28. The SMILES string of the molecule is CC[O+]=[C-]/C=C/c1ccc(/C=C/[C-]=[O+]CC)o1. The Morgan fingerprint density at radius 3 is 1.88 bits per heavy atom. The minimum Gasteiger partial charge on any atom is -0.495 e. The predicted octanol–water partition coefficient (Wildman–Crippen LogP) is 2.64. The molecule has 0 aromatic carbocycles. The van der Waals surface area contributed by atoms with E-state index in [0.717, 1.165) is 11.5 Å². The monoisotopic (exact) mass is 232 g/mol. The molecule has 0 aliphatic rings. The lowest BCUT2D eigenvalue weighted by Crippen LogP contribution is -1.75. The smallest absolute Gasteiger partial charge is 0.236 e. The highest BCUT2D eigenvalue weighted by atomic mass is 16.4. The van der Waals surface area contributed by atoms with Gasteiger partial charge in [-0.1, -0.05) is 0 Å². The van der Waals surface area contributed by atoms with Crippen LogP contribution in [-0.4, -0.2) is 25.8 Å². The molecule has 90 valence electrons. The summed E-state index contributed by atoms with van der Waals surface area (Å²) in [7, 11) is 0. The number of hydrogen-bond acceptors (Lipinski definition) is 1. The summed E-state index contributed by atoms with van der Waals surface area (Å²) in [4.78, 5) is 0. The minimum absolute atomic E-state index is 0.611. The van der Waals surface area contributed by atoms with Crippen LogP contribution in [0, 0.1) is 0 Å². The second-order valence-electron chi connectivity index (χ2n) is 3.01. The van der Waals surface area contributed by atoms with Crippen molar-refractivity contribution in [1.82, 2.24) is 0 Å². The largest absolute Gasteiger partial charge is 0.495 e. The molecule has 0 saturated carbocycles. The molecule has 3 heteroatoms. The summed E-state index contributed by atoms with van der Waals surface area (Å²) in [6.45, 7) is 5.03. The number of hydrogen-bond donors (Lipinski definition) is 0. The molecule has 0 radical (unpaired) electrons. The molecule has 0 fully saturated rings. The van der Waals surface area contributed by atoms with Crippen molar-refractivity contribution in [3.05, 3.63) is 35.8 Å². The van der Waals surface area contributed by atoms with E-state index in [1.807, 2.05) is 26.0 Å². The lowest BCUT2D eigenvalue weighted by atomic mass is 10.4. The Morgan fingerprint density at radius 2 is 1.47 bits per heavy atom. The van der Waals surface area contributed by atoms with E-state index in [1.165, 1.54) is 0 Å². The highest BCUT2D eigenvalue weighted by Crippen LogP contribution is 2.10. The number of carbonyl (C=O) groups excluding carboxylic acids is 2. The molecule has 1 aromatic heterocycles. The molecule has 17 heavy (non-hydrogen) atoms. The Kier molecular flexibility index (Phi) is 6.41. The lowest BCUT2D eigenvalue weighted by Gasteiger charge is -1.91. The van der Waals surface area contributed by atoms with Gasteiger partial charge in [0.1, 0.15) is 0 Å². The average Bonchev–Trinajstić information content (AvgIpc) is 2.78. The van der Waals surface area contributed by atoms with Crippen molar-refractivity contribution in [2.45, 2.75) is 13.8 Å². The molecule has 0 unspecified atom stereocenters. The summed E-state index contributed by atoms with van der Waals surface area (Å²) in [6, 6.07) is 3.73. The van der Waals surface area contributed by atoms with E-state index in [4.69, 9.17) is 13.3 Å². The van der Waals surface area contributed by atoms with E-state index in [1.54, 1.807) is 24.3 Å². The molecule has 3 nitrogen and oxygen atoms in total. The Hall–Kier alpha value is -1.90. The Bertz CT molecular complexity index is 384. The molecule has 1 aromatic rings. The van der Waals surface area contributed by atoms with Crippen LogP contribution in [-0.2, 0) is 8.85 Å².